The first-order valence-electron chi connectivity index (χ1n) is 10.3. The number of nitrogens with two attached hydrogens (primary N) is 1. The van der Waals surface area contributed by atoms with Crippen LogP contribution in [-0.4, -0.2) is 30.1 Å². The maximum absolute atomic E-state index is 12.3. The lowest BCUT2D eigenvalue weighted by Gasteiger charge is -2.34. The van der Waals surface area contributed by atoms with E-state index in [4.69, 9.17) is 20.2 Å². The van der Waals surface area contributed by atoms with Gasteiger partial charge in [0.1, 0.15) is 18.1 Å². The van der Waals surface area contributed by atoms with Gasteiger partial charge in [-0.2, -0.15) is 0 Å². The van der Waals surface area contributed by atoms with E-state index in [0.717, 1.165) is 40.9 Å². The summed E-state index contributed by atoms with van der Waals surface area (Å²) in [4.78, 5) is 23.1. The number of hydrogen-bond donors (Lipinski definition) is 1. The number of anilines is 1. The van der Waals surface area contributed by atoms with Gasteiger partial charge in [-0.3, -0.25) is 9.78 Å². The summed E-state index contributed by atoms with van der Waals surface area (Å²) in [5.74, 6) is 1.54. The topological polar surface area (TPSA) is 90.0 Å². The SMILES string of the molecule is NC1=N[C@@]2(CO1)c1cc(-c3cccnc3)ccc1Oc1ccc(N3CCCC3=O)cc12. The third kappa shape index (κ3) is 2.70. The summed E-state index contributed by atoms with van der Waals surface area (Å²) >= 11 is 0. The molecule has 0 unspecified atom stereocenters. The van der Waals surface area contributed by atoms with Crippen LogP contribution in [0.1, 0.15) is 24.0 Å². The molecule has 1 amide bonds. The van der Waals surface area contributed by atoms with Crippen molar-refractivity contribution in [2.75, 3.05) is 18.1 Å². The molecule has 7 nitrogen and oxygen atoms in total. The summed E-state index contributed by atoms with van der Waals surface area (Å²) in [6.07, 6.45) is 5.01. The monoisotopic (exact) mass is 412 g/mol. The van der Waals surface area contributed by atoms with Crippen molar-refractivity contribution in [3.63, 3.8) is 0 Å². The molecule has 6 rings (SSSR count). The first kappa shape index (κ1) is 17.9. The maximum Gasteiger partial charge on any atom is 0.283 e. The Hall–Kier alpha value is -3.87. The first-order chi connectivity index (χ1) is 15.1. The lowest BCUT2D eigenvalue weighted by Crippen LogP contribution is -2.32. The van der Waals surface area contributed by atoms with E-state index in [1.165, 1.54) is 0 Å². The van der Waals surface area contributed by atoms with Crippen LogP contribution in [0.4, 0.5) is 5.69 Å². The standard InChI is InChI=1S/C24H20N4O3/c25-23-27-24(14-30-23)18-11-15(16-3-1-9-26-13-16)5-7-20(18)31-21-8-6-17(12-19(21)24)28-10-2-4-22(28)29/h1,3,5-9,11-13H,2,4,10,14H2,(H2,25,27)/t24-/m0/s1. The summed E-state index contributed by atoms with van der Waals surface area (Å²) in [6.45, 7) is 0.991. The van der Waals surface area contributed by atoms with E-state index in [0.29, 0.717) is 17.9 Å². The molecule has 4 heterocycles. The Labute approximate surface area is 179 Å². The largest absolute Gasteiger partial charge is 0.462 e. The van der Waals surface area contributed by atoms with E-state index in [9.17, 15) is 4.79 Å². The molecule has 3 aromatic rings. The van der Waals surface area contributed by atoms with Gasteiger partial charge in [-0.15, -0.1) is 0 Å². The van der Waals surface area contributed by atoms with Crippen LogP contribution in [0.5, 0.6) is 11.5 Å². The Morgan fingerprint density at radius 1 is 1.03 bits per heavy atom. The number of ether oxygens (including phenoxy) is 2. The zero-order valence-corrected chi connectivity index (χ0v) is 16.7. The molecule has 154 valence electrons. The molecule has 1 aromatic heterocycles. The Balaban J connectivity index is 1.53. The normalized spacial score (nSPS) is 21.4. The minimum atomic E-state index is -0.829. The number of amidine groups is 1. The van der Waals surface area contributed by atoms with Crippen molar-refractivity contribution in [2.45, 2.75) is 18.4 Å². The van der Waals surface area contributed by atoms with Crippen LogP contribution in [0.15, 0.2) is 65.9 Å². The molecule has 0 aliphatic carbocycles. The minimum absolute atomic E-state index is 0.135. The minimum Gasteiger partial charge on any atom is -0.462 e. The number of pyridine rings is 1. The summed E-state index contributed by atoms with van der Waals surface area (Å²) in [5.41, 5.74) is 9.75. The van der Waals surface area contributed by atoms with Crippen LogP contribution >= 0.6 is 0 Å². The van der Waals surface area contributed by atoms with Crippen LogP contribution < -0.4 is 15.4 Å². The number of amides is 1. The van der Waals surface area contributed by atoms with Gasteiger partial charge in [0, 0.05) is 47.7 Å². The predicted molar refractivity (Wildman–Crippen MR) is 116 cm³/mol. The van der Waals surface area contributed by atoms with Crippen molar-refractivity contribution in [3.8, 4) is 22.6 Å². The van der Waals surface area contributed by atoms with E-state index in [2.05, 4.69) is 11.1 Å². The molecule has 1 saturated heterocycles. The highest BCUT2D eigenvalue weighted by molar-refractivity contribution is 5.95. The molecule has 1 atom stereocenters. The molecule has 31 heavy (non-hydrogen) atoms. The number of benzene rings is 2. The van der Waals surface area contributed by atoms with Gasteiger partial charge >= 0.3 is 0 Å². The summed E-state index contributed by atoms with van der Waals surface area (Å²) in [7, 11) is 0. The highest BCUT2D eigenvalue weighted by Crippen LogP contribution is 2.52. The number of hydrogen-bond acceptors (Lipinski definition) is 6. The molecule has 7 heteroatoms. The van der Waals surface area contributed by atoms with Gasteiger partial charge in [-0.05, 0) is 48.4 Å². The van der Waals surface area contributed by atoms with E-state index >= 15 is 0 Å². The molecule has 0 bridgehead atoms. The molecule has 2 N–H and O–H groups in total. The number of aliphatic imine (C=N–C) groups is 1. The number of nitrogens with zero attached hydrogens (tertiary/aromatic N) is 3. The number of aromatic nitrogens is 1. The van der Waals surface area contributed by atoms with E-state index in [1.54, 1.807) is 6.20 Å². The molecule has 3 aliphatic heterocycles. The van der Waals surface area contributed by atoms with Crippen molar-refractivity contribution in [1.82, 2.24) is 4.98 Å². The van der Waals surface area contributed by atoms with Gasteiger partial charge in [-0.1, -0.05) is 12.1 Å². The van der Waals surface area contributed by atoms with Crippen LogP contribution in [0.2, 0.25) is 0 Å². The van der Waals surface area contributed by atoms with Crippen molar-refractivity contribution in [1.29, 1.82) is 0 Å². The second kappa shape index (κ2) is 6.57. The van der Waals surface area contributed by atoms with Crippen LogP contribution in [0.25, 0.3) is 11.1 Å². The number of carbonyl (C=O) groups is 1. The number of carbonyl (C=O) groups excluding carboxylic acids is 1. The second-order valence-electron chi connectivity index (χ2n) is 7.98. The first-order valence-corrected chi connectivity index (χ1v) is 10.3. The molecule has 1 fully saturated rings. The van der Waals surface area contributed by atoms with Crippen LogP contribution in [0.3, 0.4) is 0 Å². The van der Waals surface area contributed by atoms with E-state index < -0.39 is 5.54 Å². The van der Waals surface area contributed by atoms with Gasteiger partial charge in [0.05, 0.1) is 0 Å². The van der Waals surface area contributed by atoms with Gasteiger partial charge in [0.15, 0.2) is 5.54 Å². The van der Waals surface area contributed by atoms with Crippen molar-refractivity contribution >= 4 is 17.6 Å². The Morgan fingerprint density at radius 2 is 1.87 bits per heavy atom. The third-order valence-corrected chi connectivity index (χ3v) is 6.16. The fraction of sp³-hybridized carbons (Fsp3) is 0.208. The van der Waals surface area contributed by atoms with E-state index in [1.807, 2.05) is 53.6 Å². The van der Waals surface area contributed by atoms with Gasteiger partial charge in [0.2, 0.25) is 5.91 Å². The fourth-order valence-electron chi connectivity index (χ4n) is 4.65. The van der Waals surface area contributed by atoms with Crippen molar-refractivity contribution in [3.05, 3.63) is 72.1 Å². The average molecular weight is 412 g/mol. The summed E-state index contributed by atoms with van der Waals surface area (Å²) in [5, 5.41) is 0. The Kier molecular flexibility index (Phi) is 3.80. The number of fused-ring (bicyclic) bond motifs is 4. The zero-order chi connectivity index (χ0) is 21.0. The highest BCUT2D eigenvalue weighted by Gasteiger charge is 2.47. The number of rotatable bonds is 2. The Bertz CT molecular complexity index is 1240. The summed E-state index contributed by atoms with van der Waals surface area (Å²) in [6, 6.07) is 15.9. The van der Waals surface area contributed by atoms with Crippen LogP contribution in [0, 0.1) is 0 Å². The summed E-state index contributed by atoms with van der Waals surface area (Å²) < 4.78 is 11.9. The second-order valence-corrected chi connectivity index (χ2v) is 7.98. The predicted octanol–water partition coefficient (Wildman–Crippen LogP) is 3.57. The quantitative estimate of drug-likeness (QED) is 0.695. The Morgan fingerprint density at radius 3 is 2.58 bits per heavy atom. The molecule has 0 saturated carbocycles. The molecule has 3 aliphatic rings. The molecular weight excluding hydrogens is 392 g/mol. The van der Waals surface area contributed by atoms with Gasteiger partial charge in [-0.25, -0.2) is 4.99 Å². The smallest absolute Gasteiger partial charge is 0.283 e. The molecule has 0 radical (unpaired) electrons. The lowest BCUT2D eigenvalue weighted by atomic mass is 9.80. The fourth-order valence-corrected chi connectivity index (χ4v) is 4.65. The zero-order valence-electron chi connectivity index (χ0n) is 16.7. The van der Waals surface area contributed by atoms with Gasteiger partial charge in [0.25, 0.3) is 6.02 Å². The molecular formula is C24H20N4O3. The average Bonchev–Trinajstić information content (AvgIpc) is 3.41. The van der Waals surface area contributed by atoms with Gasteiger partial charge < -0.3 is 20.1 Å². The molecule has 1 spiro atoms. The molecule has 2 aromatic carbocycles. The lowest BCUT2D eigenvalue weighted by molar-refractivity contribution is -0.117. The van der Waals surface area contributed by atoms with Crippen LogP contribution in [-0.2, 0) is 15.1 Å². The van der Waals surface area contributed by atoms with Crippen molar-refractivity contribution in [2.24, 2.45) is 10.7 Å². The third-order valence-electron chi connectivity index (χ3n) is 6.16. The highest BCUT2D eigenvalue weighted by atomic mass is 16.5. The van der Waals surface area contributed by atoms with E-state index in [-0.39, 0.29) is 18.5 Å². The van der Waals surface area contributed by atoms with Crippen molar-refractivity contribution < 1.29 is 14.3 Å². The maximum atomic E-state index is 12.3.